The quantitative estimate of drug-likeness (QED) is 0.835. The minimum absolute atomic E-state index is 0.316. The van der Waals surface area contributed by atoms with Gasteiger partial charge in [0, 0.05) is 18.0 Å². The summed E-state index contributed by atoms with van der Waals surface area (Å²) in [5, 5.41) is 0. The second kappa shape index (κ2) is 4.31. The lowest BCUT2D eigenvalue weighted by molar-refractivity contribution is 0.867. The highest BCUT2D eigenvalue weighted by molar-refractivity contribution is 5.62. The molecular weight excluding hydrogens is 200 g/mol. The van der Waals surface area contributed by atoms with Gasteiger partial charge in [-0.1, -0.05) is 38.1 Å². The summed E-state index contributed by atoms with van der Waals surface area (Å²) >= 11 is 0. The molecule has 2 rings (SSSR count). The van der Waals surface area contributed by atoms with Gasteiger partial charge in [0.25, 0.3) is 0 Å². The number of benzene rings is 1. The molecular formula is C13H14N2O. The molecule has 1 aromatic heterocycles. The van der Waals surface area contributed by atoms with Crippen LogP contribution in [0.5, 0.6) is 0 Å². The molecule has 0 amide bonds. The van der Waals surface area contributed by atoms with Crippen molar-refractivity contribution in [3.63, 3.8) is 0 Å². The number of hydrogen-bond acceptors (Lipinski definition) is 2. The van der Waals surface area contributed by atoms with Crippen molar-refractivity contribution in [1.29, 1.82) is 0 Å². The van der Waals surface area contributed by atoms with Crippen LogP contribution in [0.3, 0.4) is 0 Å². The first-order valence-corrected chi connectivity index (χ1v) is 5.32. The molecule has 0 spiro atoms. The maximum Gasteiger partial charge on any atom is 0.344 e. The molecule has 0 saturated carbocycles. The molecule has 0 atom stereocenters. The zero-order chi connectivity index (χ0) is 11.5. The Labute approximate surface area is 94.2 Å². The van der Waals surface area contributed by atoms with Crippen LogP contribution in [-0.4, -0.2) is 9.97 Å². The molecule has 1 N–H and O–H groups in total. The second-order valence-corrected chi connectivity index (χ2v) is 4.09. The van der Waals surface area contributed by atoms with E-state index in [-0.39, 0.29) is 5.69 Å². The summed E-state index contributed by atoms with van der Waals surface area (Å²) in [5.74, 6) is 0.496. The van der Waals surface area contributed by atoms with Gasteiger partial charge in [-0.2, -0.15) is 0 Å². The largest absolute Gasteiger partial charge is 0.344 e. The lowest BCUT2D eigenvalue weighted by atomic mass is 9.99. The third kappa shape index (κ3) is 2.19. The maximum atomic E-state index is 10.9. The lowest BCUT2D eigenvalue weighted by Crippen LogP contribution is -2.07. The van der Waals surface area contributed by atoms with Crippen molar-refractivity contribution in [2.45, 2.75) is 19.8 Å². The van der Waals surface area contributed by atoms with E-state index in [1.165, 1.54) is 5.56 Å². The molecule has 3 nitrogen and oxygen atoms in total. The van der Waals surface area contributed by atoms with E-state index in [9.17, 15) is 4.79 Å². The van der Waals surface area contributed by atoms with E-state index in [4.69, 9.17) is 0 Å². The Morgan fingerprint density at radius 3 is 2.69 bits per heavy atom. The minimum Gasteiger partial charge on any atom is -0.312 e. The van der Waals surface area contributed by atoms with E-state index in [2.05, 4.69) is 35.9 Å². The number of rotatable bonds is 2. The first-order valence-electron chi connectivity index (χ1n) is 5.32. The highest BCUT2D eigenvalue weighted by Gasteiger charge is 2.02. The second-order valence-electron chi connectivity index (χ2n) is 4.09. The minimum atomic E-state index is -0.316. The van der Waals surface area contributed by atoms with Gasteiger partial charge in [-0.3, -0.25) is 0 Å². The molecule has 0 aliphatic carbocycles. The molecule has 82 valence electrons. The van der Waals surface area contributed by atoms with Gasteiger partial charge in [0.15, 0.2) is 0 Å². The third-order valence-corrected chi connectivity index (χ3v) is 2.56. The van der Waals surface area contributed by atoms with Crippen molar-refractivity contribution in [3.05, 3.63) is 52.7 Å². The van der Waals surface area contributed by atoms with Crippen molar-refractivity contribution in [1.82, 2.24) is 9.97 Å². The predicted octanol–water partition coefficient (Wildman–Crippen LogP) is 2.56. The molecule has 0 fully saturated rings. The van der Waals surface area contributed by atoms with Crippen LogP contribution in [0.1, 0.15) is 25.3 Å². The number of hydrogen-bond donors (Lipinski definition) is 1. The van der Waals surface area contributed by atoms with Crippen LogP contribution in [0.4, 0.5) is 0 Å². The normalized spacial score (nSPS) is 10.7. The van der Waals surface area contributed by atoms with E-state index in [0.717, 1.165) is 11.1 Å². The fourth-order valence-corrected chi connectivity index (χ4v) is 1.58. The predicted molar refractivity (Wildman–Crippen MR) is 64.4 cm³/mol. The molecule has 0 saturated heterocycles. The van der Waals surface area contributed by atoms with E-state index < -0.39 is 0 Å². The standard InChI is InChI=1S/C13H14N2O/c1-9(2)10-4-3-5-11(6-10)12-7-14-13(16)15-8-12/h3-9H,1-2H3,(H,14,15,16). The van der Waals surface area contributed by atoms with Gasteiger partial charge in [0.2, 0.25) is 0 Å². The molecule has 3 heteroatoms. The van der Waals surface area contributed by atoms with Gasteiger partial charge < -0.3 is 4.98 Å². The molecule has 0 aliphatic rings. The van der Waals surface area contributed by atoms with Crippen molar-refractivity contribution >= 4 is 0 Å². The van der Waals surface area contributed by atoms with Crippen LogP contribution in [0.25, 0.3) is 11.1 Å². The van der Waals surface area contributed by atoms with E-state index >= 15 is 0 Å². The summed E-state index contributed by atoms with van der Waals surface area (Å²) in [7, 11) is 0. The molecule has 0 unspecified atom stereocenters. The Hall–Kier alpha value is -1.90. The van der Waals surface area contributed by atoms with Gasteiger partial charge in [0.1, 0.15) is 0 Å². The van der Waals surface area contributed by atoms with Crippen LogP contribution < -0.4 is 5.69 Å². The average Bonchev–Trinajstić information content (AvgIpc) is 2.30. The van der Waals surface area contributed by atoms with E-state index in [1.54, 1.807) is 12.4 Å². The topological polar surface area (TPSA) is 45.8 Å². The van der Waals surface area contributed by atoms with Gasteiger partial charge in [-0.15, -0.1) is 0 Å². The van der Waals surface area contributed by atoms with E-state index in [0.29, 0.717) is 5.92 Å². The Bertz CT molecular complexity index is 523. The highest BCUT2D eigenvalue weighted by Crippen LogP contribution is 2.22. The van der Waals surface area contributed by atoms with Crippen molar-refractivity contribution in [2.75, 3.05) is 0 Å². The van der Waals surface area contributed by atoms with Crippen molar-refractivity contribution in [2.24, 2.45) is 0 Å². The number of aromatic nitrogens is 2. The maximum absolute atomic E-state index is 10.9. The summed E-state index contributed by atoms with van der Waals surface area (Å²) in [6, 6.07) is 8.27. The monoisotopic (exact) mass is 214 g/mol. The van der Waals surface area contributed by atoms with Crippen LogP contribution in [0.2, 0.25) is 0 Å². The molecule has 2 aromatic rings. The molecule has 16 heavy (non-hydrogen) atoms. The molecule has 0 radical (unpaired) electrons. The Kier molecular flexibility index (Phi) is 2.86. The Balaban J connectivity index is 2.44. The van der Waals surface area contributed by atoms with Gasteiger partial charge in [-0.05, 0) is 17.0 Å². The third-order valence-electron chi connectivity index (χ3n) is 2.56. The number of nitrogens with one attached hydrogen (secondary N) is 1. The number of nitrogens with zero attached hydrogens (tertiary/aromatic N) is 1. The van der Waals surface area contributed by atoms with Crippen molar-refractivity contribution < 1.29 is 0 Å². The Morgan fingerprint density at radius 1 is 1.25 bits per heavy atom. The van der Waals surface area contributed by atoms with Crippen LogP contribution >= 0.6 is 0 Å². The van der Waals surface area contributed by atoms with E-state index in [1.807, 2.05) is 12.1 Å². The van der Waals surface area contributed by atoms with Crippen LogP contribution in [0, 0.1) is 0 Å². The number of H-pyrrole nitrogens is 1. The summed E-state index contributed by atoms with van der Waals surface area (Å²) in [5.41, 5.74) is 2.98. The summed E-state index contributed by atoms with van der Waals surface area (Å²) in [6.07, 6.45) is 3.28. The SMILES string of the molecule is CC(C)c1cccc(-c2cnc(=O)[nH]c2)c1. The first kappa shape index (κ1) is 10.6. The number of aromatic amines is 1. The smallest absolute Gasteiger partial charge is 0.312 e. The average molecular weight is 214 g/mol. The summed E-state index contributed by atoms with van der Waals surface area (Å²) in [4.78, 5) is 17.2. The summed E-state index contributed by atoms with van der Waals surface area (Å²) in [6.45, 7) is 4.31. The molecule has 0 aliphatic heterocycles. The lowest BCUT2D eigenvalue weighted by Gasteiger charge is -2.07. The molecule has 1 aromatic carbocycles. The molecule has 1 heterocycles. The fourth-order valence-electron chi connectivity index (χ4n) is 1.58. The van der Waals surface area contributed by atoms with Gasteiger partial charge in [-0.25, -0.2) is 9.78 Å². The van der Waals surface area contributed by atoms with Crippen LogP contribution in [-0.2, 0) is 0 Å². The summed E-state index contributed by atoms with van der Waals surface area (Å²) < 4.78 is 0. The zero-order valence-corrected chi connectivity index (χ0v) is 9.40. The molecule has 0 bridgehead atoms. The van der Waals surface area contributed by atoms with Crippen molar-refractivity contribution in [3.8, 4) is 11.1 Å². The van der Waals surface area contributed by atoms with Crippen LogP contribution in [0.15, 0.2) is 41.5 Å². The fraction of sp³-hybridized carbons (Fsp3) is 0.231. The highest BCUT2D eigenvalue weighted by atomic mass is 16.1. The van der Waals surface area contributed by atoms with Gasteiger partial charge in [0.05, 0.1) is 0 Å². The van der Waals surface area contributed by atoms with Gasteiger partial charge >= 0.3 is 5.69 Å². The first-order chi connectivity index (χ1) is 7.66. The zero-order valence-electron chi connectivity index (χ0n) is 9.40. The Morgan fingerprint density at radius 2 is 2.06 bits per heavy atom.